The first-order chi connectivity index (χ1) is 9.64. The molecule has 1 atom stereocenters. The summed E-state index contributed by atoms with van der Waals surface area (Å²) < 4.78 is 7.21. The van der Waals surface area contributed by atoms with E-state index in [1.165, 1.54) is 28.5 Å². The standard InChI is InChI=1S/C15H22IN3O/c1-3-17-13-11(16)12(10-6-7-10)18-14(19-13)15(2)8-4-5-9-20-15/h10H,3-9H2,1-2H3,(H,17,18,19). The van der Waals surface area contributed by atoms with Gasteiger partial charge in [0.1, 0.15) is 11.4 Å². The van der Waals surface area contributed by atoms with E-state index in [9.17, 15) is 0 Å². The number of hydrogen-bond donors (Lipinski definition) is 1. The van der Waals surface area contributed by atoms with Crippen molar-refractivity contribution in [3.05, 3.63) is 15.1 Å². The van der Waals surface area contributed by atoms with Gasteiger partial charge in [-0.1, -0.05) is 0 Å². The summed E-state index contributed by atoms with van der Waals surface area (Å²) in [6.07, 6.45) is 5.88. The van der Waals surface area contributed by atoms with Crippen LogP contribution in [0.2, 0.25) is 0 Å². The first-order valence-electron chi connectivity index (χ1n) is 7.60. The van der Waals surface area contributed by atoms with E-state index in [-0.39, 0.29) is 5.60 Å². The molecule has 4 nitrogen and oxygen atoms in total. The highest BCUT2D eigenvalue weighted by molar-refractivity contribution is 14.1. The van der Waals surface area contributed by atoms with Crippen LogP contribution in [-0.4, -0.2) is 23.1 Å². The van der Waals surface area contributed by atoms with Crippen molar-refractivity contribution in [1.82, 2.24) is 9.97 Å². The van der Waals surface area contributed by atoms with Crippen LogP contribution in [0.1, 0.15) is 63.4 Å². The Bertz CT molecular complexity index is 496. The van der Waals surface area contributed by atoms with Gasteiger partial charge in [-0.15, -0.1) is 0 Å². The normalized spacial score (nSPS) is 26.6. The van der Waals surface area contributed by atoms with Crippen LogP contribution < -0.4 is 5.32 Å². The molecule has 110 valence electrons. The molecule has 3 rings (SSSR count). The van der Waals surface area contributed by atoms with Gasteiger partial charge in [0.2, 0.25) is 0 Å². The number of aromatic nitrogens is 2. The number of halogens is 1. The monoisotopic (exact) mass is 387 g/mol. The summed E-state index contributed by atoms with van der Waals surface area (Å²) in [5.74, 6) is 2.49. The third kappa shape index (κ3) is 2.79. The van der Waals surface area contributed by atoms with Gasteiger partial charge < -0.3 is 10.1 Å². The van der Waals surface area contributed by atoms with Crippen molar-refractivity contribution in [2.45, 2.75) is 57.5 Å². The molecule has 1 saturated heterocycles. The fraction of sp³-hybridized carbons (Fsp3) is 0.733. The molecule has 1 aromatic rings. The summed E-state index contributed by atoms with van der Waals surface area (Å²) in [4.78, 5) is 9.66. The quantitative estimate of drug-likeness (QED) is 0.799. The highest BCUT2D eigenvalue weighted by Crippen LogP contribution is 2.43. The van der Waals surface area contributed by atoms with Crippen molar-refractivity contribution in [3.8, 4) is 0 Å². The Morgan fingerprint density at radius 3 is 2.75 bits per heavy atom. The predicted molar refractivity (Wildman–Crippen MR) is 88.0 cm³/mol. The SMILES string of the molecule is CCNc1nc(C2(C)CCCCO2)nc(C2CC2)c1I. The Morgan fingerprint density at radius 2 is 2.15 bits per heavy atom. The summed E-state index contributed by atoms with van der Waals surface area (Å²) in [5.41, 5.74) is 0.915. The van der Waals surface area contributed by atoms with E-state index < -0.39 is 0 Å². The number of anilines is 1. The molecule has 1 aromatic heterocycles. The van der Waals surface area contributed by atoms with Gasteiger partial charge in [-0.2, -0.15) is 0 Å². The third-order valence-corrected chi connectivity index (χ3v) is 5.19. The second-order valence-electron chi connectivity index (χ2n) is 5.94. The van der Waals surface area contributed by atoms with Crippen LogP contribution in [0, 0.1) is 3.57 Å². The van der Waals surface area contributed by atoms with Gasteiger partial charge in [-0.05, 0) is 68.5 Å². The fourth-order valence-electron chi connectivity index (χ4n) is 2.72. The maximum Gasteiger partial charge on any atom is 0.162 e. The zero-order valence-corrected chi connectivity index (χ0v) is 14.4. The minimum absolute atomic E-state index is 0.309. The molecule has 1 aliphatic heterocycles. The summed E-state index contributed by atoms with van der Waals surface area (Å²) in [7, 11) is 0. The Labute approximate surface area is 134 Å². The summed E-state index contributed by atoms with van der Waals surface area (Å²) >= 11 is 2.38. The number of nitrogens with one attached hydrogen (secondary N) is 1. The van der Waals surface area contributed by atoms with E-state index in [2.05, 4.69) is 41.8 Å². The summed E-state index contributed by atoms with van der Waals surface area (Å²) in [5, 5.41) is 3.38. The second kappa shape index (κ2) is 5.75. The molecule has 0 bridgehead atoms. The molecule has 0 aromatic carbocycles. The van der Waals surface area contributed by atoms with Crippen molar-refractivity contribution < 1.29 is 4.74 Å². The van der Waals surface area contributed by atoms with Gasteiger partial charge in [-0.3, -0.25) is 0 Å². The predicted octanol–water partition coefficient (Wildman–Crippen LogP) is 3.81. The van der Waals surface area contributed by atoms with E-state index in [4.69, 9.17) is 14.7 Å². The number of ether oxygens (including phenoxy) is 1. The zero-order valence-electron chi connectivity index (χ0n) is 12.2. The van der Waals surface area contributed by atoms with Gasteiger partial charge in [0.15, 0.2) is 5.82 Å². The lowest BCUT2D eigenvalue weighted by molar-refractivity contribution is -0.0761. The molecule has 2 aliphatic rings. The molecule has 0 radical (unpaired) electrons. The van der Waals surface area contributed by atoms with Crippen molar-refractivity contribution in [2.24, 2.45) is 0 Å². The van der Waals surface area contributed by atoms with Crippen LogP contribution in [0.4, 0.5) is 5.82 Å². The van der Waals surface area contributed by atoms with Crippen LogP contribution in [0.5, 0.6) is 0 Å². The van der Waals surface area contributed by atoms with Gasteiger partial charge >= 0.3 is 0 Å². The van der Waals surface area contributed by atoms with E-state index in [0.717, 1.165) is 37.6 Å². The molecular weight excluding hydrogens is 365 g/mol. The highest BCUT2D eigenvalue weighted by atomic mass is 127. The van der Waals surface area contributed by atoms with Gasteiger partial charge in [0, 0.05) is 19.1 Å². The average Bonchev–Trinajstić information content (AvgIpc) is 3.26. The number of rotatable bonds is 4. The van der Waals surface area contributed by atoms with E-state index in [1.807, 2.05) is 0 Å². The second-order valence-corrected chi connectivity index (χ2v) is 7.01. The van der Waals surface area contributed by atoms with Gasteiger partial charge in [-0.25, -0.2) is 9.97 Å². The van der Waals surface area contributed by atoms with Crippen molar-refractivity contribution in [3.63, 3.8) is 0 Å². The van der Waals surface area contributed by atoms with E-state index in [0.29, 0.717) is 5.92 Å². The molecule has 1 saturated carbocycles. The van der Waals surface area contributed by atoms with Gasteiger partial charge in [0.05, 0.1) is 9.26 Å². The molecule has 1 unspecified atom stereocenters. The molecule has 20 heavy (non-hydrogen) atoms. The van der Waals surface area contributed by atoms with Crippen LogP contribution >= 0.6 is 22.6 Å². The lowest BCUT2D eigenvalue weighted by Crippen LogP contribution is -2.33. The molecule has 2 fully saturated rings. The molecule has 0 amide bonds. The van der Waals surface area contributed by atoms with Gasteiger partial charge in [0.25, 0.3) is 0 Å². The average molecular weight is 387 g/mol. The Hall–Kier alpha value is -0.430. The number of nitrogens with zero attached hydrogens (tertiary/aromatic N) is 2. The molecule has 2 heterocycles. The van der Waals surface area contributed by atoms with Crippen LogP contribution in [0.3, 0.4) is 0 Å². The van der Waals surface area contributed by atoms with Crippen molar-refractivity contribution >= 4 is 28.4 Å². The fourth-order valence-corrected chi connectivity index (χ4v) is 3.60. The number of hydrogen-bond acceptors (Lipinski definition) is 4. The molecule has 5 heteroatoms. The Kier molecular flexibility index (Phi) is 4.17. The minimum Gasteiger partial charge on any atom is -0.369 e. The smallest absolute Gasteiger partial charge is 0.162 e. The molecular formula is C15H22IN3O. The van der Waals surface area contributed by atoms with Crippen molar-refractivity contribution in [1.29, 1.82) is 0 Å². The lowest BCUT2D eigenvalue weighted by Gasteiger charge is -2.33. The molecule has 0 spiro atoms. The molecule has 1 N–H and O–H groups in total. The maximum absolute atomic E-state index is 6.02. The largest absolute Gasteiger partial charge is 0.369 e. The molecule has 1 aliphatic carbocycles. The third-order valence-electron chi connectivity index (χ3n) is 4.13. The van der Waals surface area contributed by atoms with Crippen molar-refractivity contribution in [2.75, 3.05) is 18.5 Å². The van der Waals surface area contributed by atoms with E-state index >= 15 is 0 Å². The first kappa shape index (κ1) is 14.5. The van der Waals surface area contributed by atoms with E-state index in [1.54, 1.807) is 0 Å². The first-order valence-corrected chi connectivity index (χ1v) is 8.67. The lowest BCUT2D eigenvalue weighted by atomic mass is 9.95. The minimum atomic E-state index is -0.309. The summed E-state index contributed by atoms with van der Waals surface area (Å²) in [6, 6.07) is 0. The Morgan fingerprint density at radius 1 is 1.35 bits per heavy atom. The van der Waals surface area contributed by atoms with Crippen LogP contribution in [0.15, 0.2) is 0 Å². The maximum atomic E-state index is 6.02. The Balaban J connectivity index is 2.01. The zero-order chi connectivity index (χ0) is 14.2. The van der Waals surface area contributed by atoms with Crippen LogP contribution in [0.25, 0.3) is 0 Å². The van der Waals surface area contributed by atoms with Crippen LogP contribution in [-0.2, 0) is 10.3 Å². The topological polar surface area (TPSA) is 47.0 Å². The summed E-state index contributed by atoms with van der Waals surface area (Å²) in [6.45, 7) is 5.95. The highest BCUT2D eigenvalue weighted by Gasteiger charge is 2.36.